The molecule has 0 aliphatic carbocycles. The molecule has 2 aromatic rings. The van der Waals surface area contributed by atoms with Crippen LogP contribution in [0.2, 0.25) is 5.02 Å². The van der Waals surface area contributed by atoms with Crippen LogP contribution in [-0.4, -0.2) is 32.8 Å². The van der Waals surface area contributed by atoms with E-state index in [9.17, 15) is 4.79 Å². The summed E-state index contributed by atoms with van der Waals surface area (Å²) in [7, 11) is 1.51. The highest BCUT2D eigenvalue weighted by Crippen LogP contribution is 2.36. The van der Waals surface area contributed by atoms with Gasteiger partial charge in [0, 0.05) is 17.8 Å². The van der Waals surface area contributed by atoms with Gasteiger partial charge in [0.2, 0.25) is 0 Å². The number of rotatable bonds is 10. The minimum atomic E-state index is -0.300. The molecule has 0 fully saturated rings. The largest absolute Gasteiger partial charge is 0.493 e. The van der Waals surface area contributed by atoms with Gasteiger partial charge in [0.1, 0.15) is 12.4 Å². The van der Waals surface area contributed by atoms with Gasteiger partial charge in [-0.15, -0.1) is 0 Å². The summed E-state index contributed by atoms with van der Waals surface area (Å²) in [6.07, 6.45) is 1.92. The molecule has 0 saturated heterocycles. The first kappa shape index (κ1) is 20.9. The molecule has 2 aromatic carbocycles. The molecule has 0 radical (unpaired) electrons. The number of anilines is 1. The van der Waals surface area contributed by atoms with Crippen molar-refractivity contribution in [2.24, 2.45) is 5.73 Å². The van der Waals surface area contributed by atoms with Crippen molar-refractivity contribution in [3.05, 3.63) is 47.0 Å². The zero-order valence-corrected chi connectivity index (χ0v) is 16.3. The van der Waals surface area contributed by atoms with E-state index in [1.54, 1.807) is 36.4 Å². The first-order valence-electron chi connectivity index (χ1n) is 8.83. The lowest BCUT2D eigenvalue weighted by Gasteiger charge is -2.14. The summed E-state index contributed by atoms with van der Waals surface area (Å²) in [5, 5.41) is 3.15. The summed E-state index contributed by atoms with van der Waals surface area (Å²) < 4.78 is 16.4. The Morgan fingerprint density at radius 2 is 1.89 bits per heavy atom. The molecule has 0 aromatic heterocycles. The topological polar surface area (TPSA) is 82.8 Å². The van der Waals surface area contributed by atoms with E-state index >= 15 is 0 Å². The van der Waals surface area contributed by atoms with Crippen LogP contribution in [0, 0.1) is 0 Å². The van der Waals surface area contributed by atoms with E-state index in [4.69, 9.17) is 31.5 Å². The molecule has 2 rings (SSSR count). The molecule has 1 amide bonds. The molecule has 0 saturated carbocycles. The Hall–Kier alpha value is -2.44. The minimum absolute atomic E-state index is 0.300. The molecule has 6 nitrogen and oxygen atoms in total. The zero-order chi connectivity index (χ0) is 19.6. The average molecular weight is 393 g/mol. The van der Waals surface area contributed by atoms with Gasteiger partial charge in [-0.25, -0.2) is 0 Å². The molecular formula is C20H25ClN2O4. The molecule has 146 valence electrons. The van der Waals surface area contributed by atoms with Crippen LogP contribution >= 0.6 is 11.6 Å². The third-order valence-electron chi connectivity index (χ3n) is 3.73. The molecule has 0 spiro atoms. The molecule has 3 N–H and O–H groups in total. The molecule has 0 aliphatic rings. The van der Waals surface area contributed by atoms with Crippen LogP contribution in [0.4, 0.5) is 5.69 Å². The number of nitrogens with two attached hydrogens (primary N) is 1. The van der Waals surface area contributed by atoms with Crippen molar-refractivity contribution in [1.29, 1.82) is 0 Å². The smallest absolute Gasteiger partial charge is 0.255 e. The highest BCUT2D eigenvalue weighted by molar-refractivity contribution is 6.32. The van der Waals surface area contributed by atoms with E-state index in [-0.39, 0.29) is 5.91 Å². The van der Waals surface area contributed by atoms with Crippen molar-refractivity contribution >= 4 is 23.2 Å². The summed E-state index contributed by atoms with van der Waals surface area (Å²) in [4.78, 5) is 12.5. The van der Waals surface area contributed by atoms with Crippen LogP contribution < -0.4 is 25.3 Å². The summed E-state index contributed by atoms with van der Waals surface area (Å²) in [6, 6.07) is 10.2. The fraction of sp³-hybridized carbons (Fsp3) is 0.350. The average Bonchev–Trinajstić information content (AvgIpc) is 2.68. The van der Waals surface area contributed by atoms with Gasteiger partial charge in [0.05, 0.1) is 18.7 Å². The van der Waals surface area contributed by atoms with Crippen molar-refractivity contribution < 1.29 is 19.0 Å². The lowest BCUT2D eigenvalue weighted by molar-refractivity contribution is 0.102. The standard InChI is InChI=1S/C20H25ClN2O4/c1-3-4-10-27-19-17(21)12-14(13-18(19)25-2)20(24)23-15-5-7-16(8-6-15)26-11-9-22/h5-8,12-13H,3-4,9-11,22H2,1-2H3,(H,23,24). The number of amides is 1. The fourth-order valence-corrected chi connectivity index (χ4v) is 2.59. The third kappa shape index (κ3) is 6.05. The van der Waals surface area contributed by atoms with Gasteiger partial charge >= 0.3 is 0 Å². The lowest BCUT2D eigenvalue weighted by atomic mass is 10.1. The normalized spacial score (nSPS) is 10.4. The Morgan fingerprint density at radius 3 is 2.52 bits per heavy atom. The van der Waals surface area contributed by atoms with Crippen molar-refractivity contribution in [1.82, 2.24) is 0 Å². The van der Waals surface area contributed by atoms with Crippen molar-refractivity contribution in [2.75, 3.05) is 32.2 Å². The monoisotopic (exact) mass is 392 g/mol. The number of carbonyl (C=O) groups excluding carboxylic acids is 1. The number of hydrogen-bond donors (Lipinski definition) is 2. The van der Waals surface area contributed by atoms with Crippen molar-refractivity contribution in [3.63, 3.8) is 0 Å². The number of halogens is 1. The van der Waals surface area contributed by atoms with Crippen LogP contribution in [0.1, 0.15) is 30.1 Å². The van der Waals surface area contributed by atoms with Crippen LogP contribution in [0.3, 0.4) is 0 Å². The Bertz CT molecular complexity index is 750. The van der Waals surface area contributed by atoms with Gasteiger partial charge in [-0.05, 0) is 42.8 Å². The van der Waals surface area contributed by atoms with Crippen LogP contribution in [-0.2, 0) is 0 Å². The second-order valence-electron chi connectivity index (χ2n) is 5.81. The van der Waals surface area contributed by atoms with Gasteiger partial charge in [0.15, 0.2) is 11.5 Å². The Labute approximate surface area is 164 Å². The predicted molar refractivity (Wildman–Crippen MR) is 107 cm³/mol. The first-order chi connectivity index (χ1) is 13.1. The lowest BCUT2D eigenvalue weighted by Crippen LogP contribution is -2.13. The van der Waals surface area contributed by atoms with E-state index < -0.39 is 0 Å². The summed E-state index contributed by atoms with van der Waals surface area (Å²) in [5.41, 5.74) is 6.42. The molecule has 0 atom stereocenters. The zero-order valence-electron chi connectivity index (χ0n) is 15.6. The van der Waals surface area contributed by atoms with Gasteiger partial charge in [-0.3, -0.25) is 4.79 Å². The van der Waals surface area contributed by atoms with Gasteiger partial charge in [-0.2, -0.15) is 0 Å². The van der Waals surface area contributed by atoms with E-state index in [0.29, 0.717) is 53.3 Å². The van der Waals surface area contributed by atoms with Gasteiger partial charge < -0.3 is 25.3 Å². The highest BCUT2D eigenvalue weighted by atomic mass is 35.5. The SMILES string of the molecule is CCCCOc1c(Cl)cc(C(=O)Nc2ccc(OCCN)cc2)cc1OC. The maximum atomic E-state index is 12.5. The van der Waals surface area contributed by atoms with Crippen molar-refractivity contribution in [3.8, 4) is 17.2 Å². The number of hydrogen-bond acceptors (Lipinski definition) is 5. The van der Waals surface area contributed by atoms with E-state index in [1.807, 2.05) is 0 Å². The summed E-state index contributed by atoms with van der Waals surface area (Å²) in [6.45, 7) is 3.50. The Balaban J connectivity index is 2.10. The fourth-order valence-electron chi connectivity index (χ4n) is 2.32. The molecule has 0 unspecified atom stereocenters. The number of nitrogens with one attached hydrogen (secondary N) is 1. The molecular weight excluding hydrogens is 368 g/mol. The number of benzene rings is 2. The number of carbonyl (C=O) groups is 1. The molecule has 0 bridgehead atoms. The molecule has 27 heavy (non-hydrogen) atoms. The third-order valence-corrected chi connectivity index (χ3v) is 4.02. The van der Waals surface area contributed by atoms with E-state index in [0.717, 1.165) is 12.8 Å². The number of ether oxygens (including phenoxy) is 3. The summed E-state index contributed by atoms with van der Waals surface area (Å²) >= 11 is 6.30. The molecule has 7 heteroatoms. The van der Waals surface area contributed by atoms with Crippen molar-refractivity contribution in [2.45, 2.75) is 19.8 Å². The summed E-state index contributed by atoms with van der Waals surface area (Å²) in [5.74, 6) is 1.27. The first-order valence-corrected chi connectivity index (χ1v) is 9.21. The Kier molecular flexibility index (Phi) is 8.23. The van der Waals surface area contributed by atoms with Crippen LogP contribution in [0.25, 0.3) is 0 Å². The maximum absolute atomic E-state index is 12.5. The minimum Gasteiger partial charge on any atom is -0.493 e. The van der Waals surface area contributed by atoms with Crippen LogP contribution in [0.15, 0.2) is 36.4 Å². The van der Waals surface area contributed by atoms with Gasteiger partial charge in [0.25, 0.3) is 5.91 Å². The Morgan fingerprint density at radius 1 is 1.15 bits per heavy atom. The van der Waals surface area contributed by atoms with Crippen LogP contribution in [0.5, 0.6) is 17.2 Å². The quantitative estimate of drug-likeness (QED) is 0.594. The van der Waals surface area contributed by atoms with E-state index in [2.05, 4.69) is 12.2 Å². The molecule has 0 heterocycles. The van der Waals surface area contributed by atoms with E-state index in [1.165, 1.54) is 7.11 Å². The number of methoxy groups -OCH3 is 1. The van der Waals surface area contributed by atoms with Gasteiger partial charge in [-0.1, -0.05) is 24.9 Å². The second kappa shape index (κ2) is 10.6. The second-order valence-corrected chi connectivity index (χ2v) is 6.21. The number of unbranched alkanes of at least 4 members (excludes halogenated alkanes) is 1. The predicted octanol–water partition coefficient (Wildman–Crippen LogP) is 4.12. The molecule has 0 aliphatic heterocycles. The maximum Gasteiger partial charge on any atom is 0.255 e. The highest BCUT2D eigenvalue weighted by Gasteiger charge is 2.16.